The number of carboxylic acids is 1. The van der Waals surface area contributed by atoms with Crippen LogP contribution < -0.4 is 14.8 Å². The Morgan fingerprint density at radius 3 is 2.28 bits per heavy atom. The van der Waals surface area contributed by atoms with Crippen LogP contribution >= 0.6 is 0 Å². The van der Waals surface area contributed by atoms with Gasteiger partial charge in [-0.3, -0.25) is 5.32 Å². The molecule has 0 aliphatic rings. The summed E-state index contributed by atoms with van der Waals surface area (Å²) in [5.41, 5.74) is 1.62. The minimum absolute atomic E-state index is 0.154. The van der Waals surface area contributed by atoms with E-state index in [1.807, 2.05) is 61.5 Å². The molecule has 168 valence electrons. The average molecular weight is 436 g/mol. The Bertz CT molecular complexity index is 1020. The number of benzene rings is 3. The molecule has 3 aromatic carbocycles. The molecule has 0 aromatic heterocycles. The normalized spacial score (nSPS) is 12.7. The van der Waals surface area contributed by atoms with Crippen LogP contribution in [0.5, 0.6) is 11.5 Å². The molecule has 0 bridgehead atoms. The molecule has 1 atom stereocenters. The van der Waals surface area contributed by atoms with Gasteiger partial charge in [0.1, 0.15) is 29.4 Å². The quantitative estimate of drug-likeness (QED) is 0.300. The second kappa shape index (κ2) is 10.8. The van der Waals surface area contributed by atoms with Crippen LogP contribution in [0.2, 0.25) is 0 Å². The van der Waals surface area contributed by atoms with Crippen LogP contribution in [0, 0.1) is 0 Å². The van der Waals surface area contributed by atoms with Crippen LogP contribution in [0.4, 0.5) is 0 Å². The number of hydrogen-bond donors (Lipinski definition) is 3. The van der Waals surface area contributed by atoms with Gasteiger partial charge in [-0.25, -0.2) is 4.79 Å². The van der Waals surface area contributed by atoms with Gasteiger partial charge in [-0.2, -0.15) is 0 Å². The lowest BCUT2D eigenvalue weighted by Gasteiger charge is -2.25. The van der Waals surface area contributed by atoms with Crippen molar-refractivity contribution < 1.29 is 24.5 Å². The Morgan fingerprint density at radius 2 is 1.62 bits per heavy atom. The Morgan fingerprint density at radius 1 is 0.938 bits per heavy atom. The van der Waals surface area contributed by atoms with Crippen LogP contribution in [-0.4, -0.2) is 35.9 Å². The van der Waals surface area contributed by atoms with Gasteiger partial charge in [-0.15, -0.1) is 0 Å². The molecule has 6 heteroatoms. The third kappa shape index (κ3) is 6.09. The lowest BCUT2D eigenvalue weighted by molar-refractivity contribution is 0.0169. The van der Waals surface area contributed by atoms with Gasteiger partial charge in [0.2, 0.25) is 0 Å². The molecule has 0 radical (unpaired) electrons. The van der Waals surface area contributed by atoms with E-state index in [4.69, 9.17) is 9.47 Å². The van der Waals surface area contributed by atoms with Gasteiger partial charge in [0.05, 0.1) is 6.61 Å². The fraction of sp³-hybridized carbons (Fsp3) is 0.269. The van der Waals surface area contributed by atoms with Crippen LogP contribution in [0.1, 0.15) is 36.2 Å². The second-order valence-corrected chi connectivity index (χ2v) is 7.60. The van der Waals surface area contributed by atoms with Gasteiger partial charge in [-0.1, -0.05) is 55.5 Å². The summed E-state index contributed by atoms with van der Waals surface area (Å²) in [6, 6.07) is 22.1. The maximum atomic E-state index is 11.4. The minimum atomic E-state index is -1.13. The number of hydrogen-bond acceptors (Lipinski definition) is 5. The van der Waals surface area contributed by atoms with Crippen molar-refractivity contribution in [3.05, 3.63) is 83.9 Å². The molecule has 0 amide bonds. The molecule has 0 fully saturated rings. The number of aromatic carboxylic acids is 1. The summed E-state index contributed by atoms with van der Waals surface area (Å²) in [6.07, 6.45) is 0.797. The van der Waals surface area contributed by atoms with Gasteiger partial charge >= 0.3 is 5.97 Å². The fourth-order valence-electron chi connectivity index (χ4n) is 3.28. The van der Waals surface area contributed by atoms with E-state index in [0.29, 0.717) is 31.3 Å². The first-order chi connectivity index (χ1) is 15.4. The van der Waals surface area contributed by atoms with Gasteiger partial charge in [-0.05, 0) is 54.3 Å². The highest BCUT2D eigenvalue weighted by Gasteiger charge is 2.21. The minimum Gasteiger partial charge on any atom is -0.493 e. The SMILES string of the molecule is CCCOc1cc(-c2ccc(OCCN[C@@](C)(O)c3ccccc3)cc2)ccc1C(=O)O. The summed E-state index contributed by atoms with van der Waals surface area (Å²) in [6.45, 7) is 5.01. The summed E-state index contributed by atoms with van der Waals surface area (Å²) >= 11 is 0. The summed E-state index contributed by atoms with van der Waals surface area (Å²) in [4.78, 5) is 11.4. The van der Waals surface area contributed by atoms with Crippen molar-refractivity contribution in [2.24, 2.45) is 0 Å². The molecule has 6 nitrogen and oxygen atoms in total. The Labute approximate surface area is 188 Å². The molecule has 0 unspecified atom stereocenters. The van der Waals surface area contributed by atoms with E-state index in [1.165, 1.54) is 0 Å². The van der Waals surface area contributed by atoms with E-state index in [9.17, 15) is 15.0 Å². The van der Waals surface area contributed by atoms with E-state index in [2.05, 4.69) is 5.32 Å². The first-order valence-electron chi connectivity index (χ1n) is 10.7. The Hall–Kier alpha value is -3.35. The lowest BCUT2D eigenvalue weighted by atomic mass is 10.0. The number of carbonyl (C=O) groups is 1. The fourth-order valence-corrected chi connectivity index (χ4v) is 3.28. The molecule has 0 aliphatic carbocycles. The molecule has 32 heavy (non-hydrogen) atoms. The van der Waals surface area contributed by atoms with Crippen molar-refractivity contribution in [1.29, 1.82) is 0 Å². The zero-order chi connectivity index (χ0) is 23.0. The number of carboxylic acid groups (broad SMARTS) is 1. The van der Waals surface area contributed by atoms with Crippen molar-refractivity contribution in [2.45, 2.75) is 26.0 Å². The first kappa shape index (κ1) is 23.3. The molecule has 3 N–H and O–H groups in total. The molecule has 3 rings (SSSR count). The zero-order valence-corrected chi connectivity index (χ0v) is 18.4. The van der Waals surface area contributed by atoms with Crippen LogP contribution in [0.3, 0.4) is 0 Å². The smallest absolute Gasteiger partial charge is 0.339 e. The van der Waals surface area contributed by atoms with Crippen LogP contribution in [0.25, 0.3) is 11.1 Å². The topological polar surface area (TPSA) is 88.0 Å². The molecule has 0 heterocycles. The zero-order valence-electron chi connectivity index (χ0n) is 18.4. The second-order valence-electron chi connectivity index (χ2n) is 7.60. The van der Waals surface area contributed by atoms with E-state index in [-0.39, 0.29) is 5.56 Å². The largest absolute Gasteiger partial charge is 0.493 e. The maximum Gasteiger partial charge on any atom is 0.339 e. The van der Waals surface area contributed by atoms with Crippen LogP contribution in [-0.2, 0) is 5.72 Å². The van der Waals surface area contributed by atoms with E-state index < -0.39 is 11.7 Å². The summed E-state index contributed by atoms with van der Waals surface area (Å²) in [5.74, 6) is 0.0690. The van der Waals surface area contributed by atoms with Crippen molar-refractivity contribution in [3.63, 3.8) is 0 Å². The van der Waals surface area contributed by atoms with Gasteiger partial charge in [0.15, 0.2) is 0 Å². The lowest BCUT2D eigenvalue weighted by Crippen LogP contribution is -2.41. The van der Waals surface area contributed by atoms with E-state index >= 15 is 0 Å². The molecule has 0 saturated heterocycles. The maximum absolute atomic E-state index is 11.4. The molecular weight excluding hydrogens is 406 g/mol. The Kier molecular flexibility index (Phi) is 7.87. The summed E-state index contributed by atoms with van der Waals surface area (Å²) in [5, 5.41) is 23.0. The highest BCUT2D eigenvalue weighted by molar-refractivity contribution is 5.92. The Balaban J connectivity index is 1.58. The summed E-state index contributed by atoms with van der Waals surface area (Å²) in [7, 11) is 0. The van der Waals surface area contributed by atoms with Gasteiger partial charge < -0.3 is 19.7 Å². The van der Waals surface area contributed by atoms with Crippen molar-refractivity contribution in [3.8, 4) is 22.6 Å². The standard InChI is InChI=1S/C26H29NO5/c1-3-16-32-24-18-20(11-14-23(24)25(28)29)19-9-12-22(13-10-19)31-17-15-27-26(2,30)21-7-5-4-6-8-21/h4-14,18,27,30H,3,15-17H2,1-2H3,(H,28,29)/t26-/m0/s1. The molecular formula is C26H29NO5. The van der Waals surface area contributed by atoms with Crippen molar-refractivity contribution in [2.75, 3.05) is 19.8 Å². The van der Waals surface area contributed by atoms with Gasteiger partial charge in [0, 0.05) is 6.54 Å². The van der Waals surface area contributed by atoms with E-state index in [0.717, 1.165) is 23.1 Å². The number of rotatable bonds is 11. The van der Waals surface area contributed by atoms with Crippen molar-refractivity contribution in [1.82, 2.24) is 5.32 Å². The molecule has 0 aliphatic heterocycles. The van der Waals surface area contributed by atoms with Crippen LogP contribution in [0.15, 0.2) is 72.8 Å². The third-order valence-corrected chi connectivity index (χ3v) is 5.04. The third-order valence-electron chi connectivity index (χ3n) is 5.04. The molecule has 0 spiro atoms. The molecule has 0 saturated carbocycles. The van der Waals surface area contributed by atoms with Gasteiger partial charge in [0.25, 0.3) is 0 Å². The molecule has 3 aromatic rings. The first-order valence-corrected chi connectivity index (χ1v) is 10.7. The van der Waals surface area contributed by atoms with E-state index in [1.54, 1.807) is 25.1 Å². The number of nitrogens with one attached hydrogen (secondary N) is 1. The predicted octanol–water partition coefficient (Wildman–Crippen LogP) is 4.67. The average Bonchev–Trinajstić information content (AvgIpc) is 2.81. The van der Waals surface area contributed by atoms with Crippen molar-refractivity contribution >= 4 is 5.97 Å². The summed E-state index contributed by atoms with van der Waals surface area (Å²) < 4.78 is 11.4. The number of aliphatic hydroxyl groups is 1. The highest BCUT2D eigenvalue weighted by atomic mass is 16.5. The predicted molar refractivity (Wildman–Crippen MR) is 124 cm³/mol. The number of ether oxygens (including phenoxy) is 2. The monoisotopic (exact) mass is 435 g/mol. The highest BCUT2D eigenvalue weighted by Crippen LogP contribution is 2.29.